The zero-order valence-corrected chi connectivity index (χ0v) is 101. The van der Waals surface area contributed by atoms with Crippen molar-refractivity contribution in [3.63, 3.8) is 0 Å². The number of allylic oxidation sites excluding steroid dienone is 10. The van der Waals surface area contributed by atoms with Crippen molar-refractivity contribution in [2.45, 2.75) is 491 Å². The third kappa shape index (κ3) is 32.7. The zero-order valence-electron chi connectivity index (χ0n) is 99.2. The van der Waals surface area contributed by atoms with Gasteiger partial charge in [-0.1, -0.05) is 226 Å². The van der Waals surface area contributed by atoms with Gasteiger partial charge in [0.1, 0.15) is 38.6 Å². The Balaban J connectivity index is 0.000000370. The van der Waals surface area contributed by atoms with Gasteiger partial charge in [-0.05, 0) is 437 Å². The summed E-state index contributed by atoms with van der Waals surface area (Å²) in [5.41, 5.74) is 15.4. The summed E-state index contributed by atoms with van der Waals surface area (Å²) in [6, 6.07) is 19.4. The predicted octanol–water partition coefficient (Wildman–Crippen LogP) is 29.5. The smallest absolute Gasteiger partial charge is 0.315 e. The van der Waals surface area contributed by atoms with Crippen LogP contribution in [-0.2, 0) is 68.3 Å². The molecule has 15 rings (SSSR count). The van der Waals surface area contributed by atoms with Crippen LogP contribution in [-0.4, -0.2) is 145 Å². The van der Waals surface area contributed by atoms with Crippen molar-refractivity contribution in [3.8, 4) is 0 Å². The van der Waals surface area contributed by atoms with E-state index in [0.717, 1.165) is 88.5 Å². The minimum atomic E-state index is -1.08. The fraction of sp³-hybridized carbons (Fsp3) is 0.769. The Morgan fingerprint density at radius 1 is 0.497 bits per heavy atom. The zero-order chi connectivity index (χ0) is 111. The van der Waals surface area contributed by atoms with E-state index in [4.69, 9.17) is 40.4 Å². The number of nitrogens with two attached hydrogens (primary N) is 1. The molecule has 20 atom stereocenters. The number of fused-ring (bicyclic) bond motifs is 14. The second kappa shape index (κ2) is 58.0. The summed E-state index contributed by atoms with van der Waals surface area (Å²) in [6.07, 6.45) is 46.9. The number of esters is 2. The first-order valence-electron chi connectivity index (χ1n) is 58.3. The van der Waals surface area contributed by atoms with E-state index in [2.05, 4.69) is 132 Å². The normalized spacial score (nSPS) is 32.9. The summed E-state index contributed by atoms with van der Waals surface area (Å²) in [7, 11) is 0. The molecule has 0 aromatic heterocycles. The largest absolute Gasteiger partial charge is 0.460 e. The van der Waals surface area contributed by atoms with Crippen molar-refractivity contribution in [2.24, 2.45) is 119 Å². The van der Waals surface area contributed by atoms with Gasteiger partial charge in [-0.25, -0.2) is 8.78 Å². The second-order valence-corrected chi connectivity index (χ2v) is 52.2. The van der Waals surface area contributed by atoms with Gasteiger partial charge in [0, 0.05) is 89.7 Å². The van der Waals surface area contributed by atoms with Crippen molar-refractivity contribution >= 4 is 24.0 Å². The van der Waals surface area contributed by atoms with Crippen LogP contribution in [0.5, 0.6) is 0 Å². The number of aliphatic hydroxyl groups is 7. The summed E-state index contributed by atoms with van der Waals surface area (Å²) in [5.74, 6) is 5.85. The first kappa shape index (κ1) is 135. The van der Waals surface area contributed by atoms with Crippen LogP contribution in [0.15, 0.2) is 144 Å². The van der Waals surface area contributed by atoms with Crippen LogP contribution < -0.4 is 11.1 Å². The van der Waals surface area contributed by atoms with Gasteiger partial charge >= 0.3 is 11.9 Å². The SMILES string of the molecule is C1CCOC1.C=C(C)[C@@H]1CC[C@]2(N)CC[C@]3(C)[C@H](CC[C@@H]4[C@@]5(C)CC=C(C6=CC[C@](CF)(C(=O)OCc7ccccc7)CC6)C(C)(C)[C@@H]5CC[C@]43C)[C@@H]12.C=C(C)[C@@H]1CC[C@]2(NCCCC(C)(C)O)CC[C@]3(C)[C@H](CC[C@@H]4[C@@]5(C)CC=C(C6=CC[C@](CF)(C(=O)OCc7ccccc7)CC6)C(C)(C)[C@@H]5CC[C@]43C)[C@@H]12.C=CCC(O)(CC)CC.CC(C)O.CC(C)O.CC(C)O.CC(C)O.CCC(=O)CC.CCC(O)(CC)CC=O.[Ti]. The van der Waals surface area contributed by atoms with Crippen LogP contribution in [0.1, 0.15) is 436 Å². The Labute approximate surface area is 920 Å². The molecule has 1 aliphatic heterocycles. The van der Waals surface area contributed by atoms with Gasteiger partial charge < -0.3 is 65.8 Å². The molecule has 848 valence electrons. The van der Waals surface area contributed by atoms with Crippen LogP contribution in [0.4, 0.5) is 8.78 Å². The number of aldehydes is 1. The van der Waals surface area contributed by atoms with Crippen LogP contribution in [0.2, 0.25) is 0 Å². The number of rotatable bonds is 27. The number of alkyl halides is 2. The summed E-state index contributed by atoms with van der Waals surface area (Å²) in [5, 5.41) is 65.8. The quantitative estimate of drug-likeness (QED) is 0.0132. The van der Waals surface area contributed by atoms with Gasteiger partial charge in [-0.15, -0.1) is 6.58 Å². The number of hydrogen-bond acceptors (Lipinski definition) is 16. The molecule has 0 radical (unpaired) electrons. The number of halogens is 2. The van der Waals surface area contributed by atoms with Crippen LogP contribution in [0, 0.1) is 113 Å². The molecule has 2 aromatic rings. The number of aliphatic hydroxyl groups excluding tert-OH is 4. The van der Waals surface area contributed by atoms with Gasteiger partial charge in [0.15, 0.2) is 0 Å². The van der Waals surface area contributed by atoms with Gasteiger partial charge in [0.25, 0.3) is 0 Å². The van der Waals surface area contributed by atoms with E-state index in [1.54, 1.807) is 61.5 Å². The van der Waals surface area contributed by atoms with E-state index in [-0.39, 0.29) is 109 Å². The summed E-state index contributed by atoms with van der Waals surface area (Å²) >= 11 is 0. The minimum absolute atomic E-state index is 0. The van der Waals surface area contributed by atoms with Gasteiger partial charge in [0.05, 0.1) is 27.6 Å². The predicted molar refractivity (Wildman–Crippen MR) is 608 cm³/mol. The van der Waals surface area contributed by atoms with E-state index in [1.165, 1.54) is 149 Å². The Kier molecular flexibility index (Phi) is 52.4. The molecule has 0 spiro atoms. The number of Topliss-reactive ketones (excluding diaryl/α,β-unsaturated/α-hetero) is 1. The van der Waals surface area contributed by atoms with Crippen molar-refractivity contribution in [3.05, 3.63) is 155 Å². The molecule has 149 heavy (non-hydrogen) atoms. The fourth-order valence-electron chi connectivity index (χ4n) is 30.8. The summed E-state index contributed by atoms with van der Waals surface area (Å²) in [4.78, 5) is 46.8. The average molecular weight is 2120 g/mol. The molecule has 19 heteroatoms. The molecule has 12 aliphatic carbocycles. The topological polar surface area (TPSA) is 276 Å². The molecule has 16 nitrogen and oxygen atoms in total. The first-order valence-corrected chi connectivity index (χ1v) is 58.3. The minimum Gasteiger partial charge on any atom is -0.460 e. The Bertz CT molecular complexity index is 4520. The molecule has 1 saturated heterocycles. The maximum absolute atomic E-state index is 14.7. The third-order valence-electron chi connectivity index (χ3n) is 39.8. The molecule has 9 fully saturated rings. The van der Waals surface area contributed by atoms with Gasteiger partial charge in [0.2, 0.25) is 0 Å². The van der Waals surface area contributed by atoms with Crippen LogP contribution >= 0.6 is 0 Å². The maximum atomic E-state index is 14.7. The molecular weight excluding hydrogens is 1900 g/mol. The molecular formula is C130H216F2N2O14Ti. The number of carbonyl (C=O) groups excluding carboxylic acids is 4. The maximum Gasteiger partial charge on any atom is 0.315 e. The van der Waals surface area contributed by atoms with Crippen molar-refractivity contribution in [1.82, 2.24) is 5.32 Å². The van der Waals surface area contributed by atoms with Crippen LogP contribution in [0.25, 0.3) is 0 Å². The molecule has 2 aromatic carbocycles. The molecule has 0 bridgehead atoms. The second-order valence-electron chi connectivity index (χ2n) is 52.2. The van der Waals surface area contributed by atoms with Crippen molar-refractivity contribution in [1.29, 1.82) is 0 Å². The van der Waals surface area contributed by atoms with E-state index >= 15 is 0 Å². The first-order chi connectivity index (χ1) is 69.1. The summed E-state index contributed by atoms with van der Waals surface area (Å²) < 4.78 is 45.7. The molecule has 1 heterocycles. The molecule has 10 N–H and O–H groups in total. The van der Waals surface area contributed by atoms with E-state index in [0.29, 0.717) is 134 Å². The molecule has 8 saturated carbocycles. The molecule has 0 amide bonds. The summed E-state index contributed by atoms with van der Waals surface area (Å²) in [6.45, 7) is 74.5. The van der Waals surface area contributed by atoms with Crippen molar-refractivity contribution < 1.29 is 99.6 Å². The van der Waals surface area contributed by atoms with Gasteiger partial charge in [-0.2, -0.15) is 0 Å². The number of carbonyl (C=O) groups is 4. The van der Waals surface area contributed by atoms with Gasteiger partial charge in [-0.3, -0.25) is 14.4 Å². The number of benzene rings is 2. The third-order valence-corrected chi connectivity index (χ3v) is 39.8. The number of ketones is 1. The Hall–Kier alpha value is -4.93. The Morgan fingerprint density at radius 2 is 0.872 bits per heavy atom. The van der Waals surface area contributed by atoms with E-state index < -0.39 is 52.9 Å². The number of hydrogen-bond donors (Lipinski definition) is 9. The van der Waals surface area contributed by atoms with E-state index in [1.807, 2.05) is 116 Å². The van der Waals surface area contributed by atoms with E-state index in [9.17, 15) is 43.3 Å². The number of ether oxygens (including phenoxy) is 3. The fourth-order valence-corrected chi connectivity index (χ4v) is 30.8. The monoisotopic (exact) mass is 2120 g/mol. The molecule has 13 aliphatic rings. The Morgan fingerprint density at radius 3 is 1.19 bits per heavy atom. The molecule has 0 unspecified atom stereocenters. The van der Waals surface area contributed by atoms with Crippen molar-refractivity contribution in [2.75, 3.05) is 33.1 Å². The van der Waals surface area contributed by atoms with Crippen LogP contribution in [0.3, 0.4) is 0 Å². The standard InChI is InChI=1S/C50H74FNO3.C44H62FNO2.C8H16O.C7H14O2.C5H10O.C4H8O.4C3H8O.Ti/c1-34(2)37-20-28-50(52-31-13-23-44(3,4)54)30-29-47(8)39(42(37)50)16-17-41-46(7)24-21-38(45(5,6)40(46)22-25-48(41,47)9)36-18-26-49(33-51,27-19-36)43(53)55-32-35-14-11-10-12-15-35;1-29(2)32-17-24-44(46)26-25-41(6)34(37(32)44)13-14-36-40(5)20-18-33(39(3,4)35(40)19-21-42(36,41)7)31-15-22-43(28-45,23-16-31)38(47)48-27-30-11-9-8-10-12-30;1-4-7-8(9,5-2)6-3;1-3-7(9,4-2)5-6-8;1-3-5(6)4-2;1-2-4-5-3-1;4*1-3(2)4;/h10-12,14-15,18,21,37,39-42,52,54H,1,13,16-17,19-20,22-33H2,2-9H3;8-12,15,18,32,34-37H,1,13-14,16-17,19-28,46H2,2-7H3;4,9H,1,5-7H2,2-3H3;6,9H,3-5H2,1-2H3;3-4H2,1-2H3;1-4H2;4*3-4H,1-2H3;/t37-,39+,40-,41+,42+,46-,47+,48+,49-,50-;32-,34+,35-,36+,37+,40-,41+,42+,43-,44-;;;;;;;;;/m00........./s1. The number of nitrogens with one attached hydrogen (secondary N) is 1. The average Bonchev–Trinajstić information content (AvgIpc) is 1.67.